The number of nitrogens with one attached hydrogen (secondary N) is 2. The highest BCUT2D eigenvalue weighted by molar-refractivity contribution is 7.80. The summed E-state index contributed by atoms with van der Waals surface area (Å²) in [6.07, 6.45) is 7.89. The SMILES string of the molecule is COc1ccc(OC)c(/C=N\NC(=S)NC2CCCCC2)c1. The average molecular weight is 321 g/mol. The third-order valence-corrected chi connectivity index (χ3v) is 3.96. The van der Waals surface area contributed by atoms with E-state index in [0.29, 0.717) is 11.2 Å². The van der Waals surface area contributed by atoms with Crippen molar-refractivity contribution in [2.75, 3.05) is 14.2 Å². The number of hydrazone groups is 1. The molecule has 2 N–H and O–H groups in total. The van der Waals surface area contributed by atoms with Gasteiger partial charge in [-0.2, -0.15) is 5.10 Å². The standard InChI is InChI=1S/C16H23N3O2S/c1-20-14-8-9-15(21-2)12(10-14)11-17-19-16(22)18-13-6-4-3-5-7-13/h8-11,13H,3-7H2,1-2H3,(H2,18,19,22)/b17-11-. The van der Waals surface area contributed by atoms with Crippen LogP contribution in [0, 0.1) is 0 Å². The normalized spacial score (nSPS) is 15.5. The molecule has 120 valence electrons. The average Bonchev–Trinajstić information content (AvgIpc) is 2.55. The number of thiocarbonyl (C=S) groups is 1. The van der Waals surface area contributed by atoms with Crippen LogP contribution < -0.4 is 20.2 Å². The minimum atomic E-state index is 0.468. The van der Waals surface area contributed by atoms with Gasteiger partial charge in [0.05, 0.1) is 20.4 Å². The van der Waals surface area contributed by atoms with Crippen LogP contribution in [-0.2, 0) is 0 Å². The molecule has 6 heteroatoms. The van der Waals surface area contributed by atoms with Crippen molar-refractivity contribution < 1.29 is 9.47 Å². The maximum atomic E-state index is 5.30. The Bertz CT molecular complexity index is 528. The lowest BCUT2D eigenvalue weighted by Crippen LogP contribution is -2.40. The Labute approximate surface area is 137 Å². The van der Waals surface area contributed by atoms with E-state index in [9.17, 15) is 0 Å². The fourth-order valence-electron chi connectivity index (χ4n) is 2.57. The van der Waals surface area contributed by atoms with Crippen molar-refractivity contribution in [3.8, 4) is 11.5 Å². The molecule has 1 aliphatic carbocycles. The second-order valence-corrected chi connectivity index (χ2v) is 5.69. The van der Waals surface area contributed by atoms with Crippen molar-refractivity contribution in [3.05, 3.63) is 23.8 Å². The van der Waals surface area contributed by atoms with Gasteiger partial charge in [0.15, 0.2) is 5.11 Å². The Balaban J connectivity index is 1.89. The molecule has 1 aromatic rings. The van der Waals surface area contributed by atoms with E-state index in [1.807, 2.05) is 18.2 Å². The van der Waals surface area contributed by atoms with Crippen LogP contribution in [0.2, 0.25) is 0 Å². The molecular formula is C16H23N3O2S. The first-order valence-electron chi connectivity index (χ1n) is 7.54. The van der Waals surface area contributed by atoms with E-state index in [2.05, 4.69) is 15.8 Å². The van der Waals surface area contributed by atoms with Gasteiger partial charge in [0.25, 0.3) is 0 Å². The van der Waals surface area contributed by atoms with E-state index >= 15 is 0 Å². The zero-order valence-corrected chi connectivity index (χ0v) is 13.9. The van der Waals surface area contributed by atoms with Crippen molar-refractivity contribution in [2.45, 2.75) is 38.1 Å². The predicted molar refractivity (Wildman–Crippen MR) is 92.9 cm³/mol. The lowest BCUT2D eigenvalue weighted by Gasteiger charge is -2.23. The Kier molecular flexibility index (Phi) is 6.45. The van der Waals surface area contributed by atoms with Gasteiger partial charge in [0, 0.05) is 11.6 Å². The van der Waals surface area contributed by atoms with Crippen molar-refractivity contribution in [1.29, 1.82) is 0 Å². The summed E-state index contributed by atoms with van der Waals surface area (Å²) in [5.74, 6) is 1.49. The van der Waals surface area contributed by atoms with Gasteiger partial charge in [-0.3, -0.25) is 5.43 Å². The molecule has 0 bridgehead atoms. The van der Waals surface area contributed by atoms with E-state index in [1.165, 1.54) is 32.1 Å². The summed E-state index contributed by atoms with van der Waals surface area (Å²) in [5, 5.41) is 8.04. The first kappa shape index (κ1) is 16.5. The van der Waals surface area contributed by atoms with Gasteiger partial charge in [-0.1, -0.05) is 19.3 Å². The maximum Gasteiger partial charge on any atom is 0.187 e. The number of hydrogen-bond acceptors (Lipinski definition) is 4. The van der Waals surface area contributed by atoms with Crippen LogP contribution in [-0.4, -0.2) is 31.6 Å². The molecule has 1 fully saturated rings. The molecule has 1 aromatic carbocycles. The van der Waals surface area contributed by atoms with Crippen LogP contribution >= 0.6 is 12.2 Å². The smallest absolute Gasteiger partial charge is 0.187 e. The molecule has 2 rings (SSSR count). The molecule has 0 radical (unpaired) electrons. The minimum Gasteiger partial charge on any atom is -0.497 e. The summed E-state index contributed by atoms with van der Waals surface area (Å²) in [4.78, 5) is 0. The number of rotatable bonds is 5. The molecule has 1 aliphatic rings. The fourth-order valence-corrected chi connectivity index (χ4v) is 2.78. The summed E-state index contributed by atoms with van der Waals surface area (Å²) < 4.78 is 10.5. The molecule has 0 heterocycles. The van der Waals surface area contributed by atoms with Gasteiger partial charge in [-0.15, -0.1) is 0 Å². The van der Waals surface area contributed by atoms with E-state index in [-0.39, 0.29) is 0 Å². The zero-order chi connectivity index (χ0) is 15.8. The molecule has 0 amide bonds. The second kappa shape index (κ2) is 8.58. The third-order valence-electron chi connectivity index (χ3n) is 3.75. The molecule has 5 nitrogen and oxygen atoms in total. The first-order valence-corrected chi connectivity index (χ1v) is 7.95. The summed E-state index contributed by atoms with van der Waals surface area (Å²) >= 11 is 5.27. The van der Waals surface area contributed by atoms with Gasteiger partial charge in [-0.25, -0.2) is 0 Å². The van der Waals surface area contributed by atoms with E-state index < -0.39 is 0 Å². The largest absolute Gasteiger partial charge is 0.497 e. The van der Waals surface area contributed by atoms with Gasteiger partial charge < -0.3 is 14.8 Å². The van der Waals surface area contributed by atoms with Crippen LogP contribution in [0.3, 0.4) is 0 Å². The molecule has 0 spiro atoms. The topological polar surface area (TPSA) is 54.9 Å². The molecule has 0 aliphatic heterocycles. The molecule has 0 unspecified atom stereocenters. The quantitative estimate of drug-likeness (QED) is 0.496. The molecule has 0 atom stereocenters. The molecule has 0 saturated heterocycles. The lowest BCUT2D eigenvalue weighted by atomic mass is 9.96. The predicted octanol–water partition coefficient (Wildman–Crippen LogP) is 2.83. The monoisotopic (exact) mass is 321 g/mol. The molecule has 1 saturated carbocycles. The highest BCUT2D eigenvalue weighted by Gasteiger charge is 2.13. The summed E-state index contributed by atoms with van der Waals surface area (Å²) in [6, 6.07) is 6.02. The second-order valence-electron chi connectivity index (χ2n) is 5.29. The maximum absolute atomic E-state index is 5.30. The number of nitrogens with zero attached hydrogens (tertiary/aromatic N) is 1. The minimum absolute atomic E-state index is 0.468. The van der Waals surface area contributed by atoms with Gasteiger partial charge in [0.2, 0.25) is 0 Å². The van der Waals surface area contributed by atoms with Crippen LogP contribution in [0.4, 0.5) is 0 Å². The Morgan fingerprint density at radius 1 is 1.23 bits per heavy atom. The summed E-state index contributed by atoms with van der Waals surface area (Å²) in [6.45, 7) is 0. The van der Waals surface area contributed by atoms with Crippen LogP contribution in [0.25, 0.3) is 0 Å². The molecule has 0 aromatic heterocycles. The Morgan fingerprint density at radius 2 is 2.00 bits per heavy atom. The fraction of sp³-hybridized carbons (Fsp3) is 0.500. The highest BCUT2D eigenvalue weighted by Crippen LogP contribution is 2.22. The van der Waals surface area contributed by atoms with Crippen molar-refractivity contribution in [3.63, 3.8) is 0 Å². The Morgan fingerprint density at radius 3 is 2.68 bits per heavy atom. The number of hydrogen-bond donors (Lipinski definition) is 2. The summed E-state index contributed by atoms with van der Waals surface area (Å²) in [7, 11) is 3.26. The molecule has 22 heavy (non-hydrogen) atoms. The Hall–Kier alpha value is -1.82. The van der Waals surface area contributed by atoms with Crippen molar-refractivity contribution >= 4 is 23.5 Å². The van der Waals surface area contributed by atoms with Gasteiger partial charge in [0.1, 0.15) is 11.5 Å². The van der Waals surface area contributed by atoms with Gasteiger partial charge in [-0.05, 0) is 43.3 Å². The number of ether oxygens (including phenoxy) is 2. The van der Waals surface area contributed by atoms with E-state index in [4.69, 9.17) is 21.7 Å². The summed E-state index contributed by atoms with van der Waals surface area (Å²) in [5.41, 5.74) is 3.69. The number of benzene rings is 1. The van der Waals surface area contributed by atoms with Crippen LogP contribution in [0.5, 0.6) is 11.5 Å². The van der Waals surface area contributed by atoms with E-state index in [1.54, 1.807) is 20.4 Å². The van der Waals surface area contributed by atoms with Gasteiger partial charge >= 0.3 is 0 Å². The highest BCUT2D eigenvalue weighted by atomic mass is 32.1. The zero-order valence-electron chi connectivity index (χ0n) is 13.1. The first-order chi connectivity index (χ1) is 10.7. The number of methoxy groups -OCH3 is 2. The van der Waals surface area contributed by atoms with Crippen LogP contribution in [0.1, 0.15) is 37.7 Å². The van der Waals surface area contributed by atoms with E-state index in [0.717, 1.165) is 17.1 Å². The van der Waals surface area contributed by atoms with Crippen molar-refractivity contribution in [1.82, 2.24) is 10.7 Å². The lowest BCUT2D eigenvalue weighted by molar-refractivity contribution is 0.402. The van der Waals surface area contributed by atoms with Crippen molar-refractivity contribution in [2.24, 2.45) is 5.10 Å². The van der Waals surface area contributed by atoms with Crippen LogP contribution in [0.15, 0.2) is 23.3 Å². The molecular weight excluding hydrogens is 298 g/mol. The third kappa shape index (κ3) is 4.87.